The topological polar surface area (TPSA) is 69.7 Å². The first kappa shape index (κ1) is 19.8. The lowest BCUT2D eigenvalue weighted by Crippen LogP contribution is -2.50. The Labute approximate surface area is 149 Å². The largest absolute Gasteiger partial charge is 0.354 e. The van der Waals surface area contributed by atoms with Crippen molar-refractivity contribution in [3.8, 4) is 0 Å². The SMILES string of the molecule is CC(C)(C)C(=O)NCCN1CCN(S(=O)(=O)c2ccc(F)cc2)CC1. The fourth-order valence-corrected chi connectivity index (χ4v) is 3.96. The normalized spacial score (nSPS) is 17.4. The van der Waals surface area contributed by atoms with E-state index in [1.54, 1.807) is 0 Å². The third-order valence-corrected chi connectivity index (χ3v) is 6.09. The average molecular weight is 371 g/mol. The van der Waals surface area contributed by atoms with Gasteiger partial charge in [-0.15, -0.1) is 0 Å². The van der Waals surface area contributed by atoms with E-state index in [1.807, 2.05) is 20.8 Å². The zero-order chi connectivity index (χ0) is 18.7. The first-order valence-electron chi connectivity index (χ1n) is 8.37. The predicted molar refractivity (Wildman–Crippen MR) is 94.1 cm³/mol. The number of halogens is 1. The molecule has 1 aromatic rings. The van der Waals surface area contributed by atoms with E-state index in [1.165, 1.54) is 16.4 Å². The van der Waals surface area contributed by atoms with Gasteiger partial charge in [0.1, 0.15) is 5.82 Å². The van der Waals surface area contributed by atoms with Crippen LogP contribution in [0.5, 0.6) is 0 Å². The molecule has 8 heteroatoms. The van der Waals surface area contributed by atoms with Crippen LogP contribution in [0.4, 0.5) is 4.39 Å². The molecule has 1 aromatic carbocycles. The number of rotatable bonds is 5. The molecule has 6 nitrogen and oxygen atoms in total. The summed E-state index contributed by atoms with van der Waals surface area (Å²) in [6, 6.07) is 4.89. The van der Waals surface area contributed by atoms with Crippen molar-refractivity contribution >= 4 is 15.9 Å². The number of nitrogens with zero attached hydrogens (tertiary/aromatic N) is 2. The molecule has 1 N–H and O–H groups in total. The van der Waals surface area contributed by atoms with Gasteiger partial charge in [-0.05, 0) is 24.3 Å². The molecule has 1 aliphatic rings. The summed E-state index contributed by atoms with van der Waals surface area (Å²) in [5.74, 6) is -0.453. The predicted octanol–water partition coefficient (Wildman–Crippen LogP) is 1.29. The van der Waals surface area contributed by atoms with Crippen LogP contribution >= 0.6 is 0 Å². The first-order chi connectivity index (χ1) is 11.6. The number of sulfonamides is 1. The van der Waals surface area contributed by atoms with Gasteiger partial charge in [0.05, 0.1) is 4.90 Å². The molecule has 0 unspecified atom stereocenters. The minimum atomic E-state index is -3.59. The van der Waals surface area contributed by atoms with Gasteiger partial charge in [0, 0.05) is 44.7 Å². The van der Waals surface area contributed by atoms with Crippen LogP contribution < -0.4 is 5.32 Å². The number of piperazine rings is 1. The van der Waals surface area contributed by atoms with Gasteiger partial charge in [-0.25, -0.2) is 12.8 Å². The molecule has 0 bridgehead atoms. The van der Waals surface area contributed by atoms with Crippen LogP contribution in [0.1, 0.15) is 20.8 Å². The zero-order valence-electron chi connectivity index (χ0n) is 15.0. The standard InChI is InChI=1S/C17H26FN3O3S/c1-17(2,3)16(22)19-8-9-20-10-12-21(13-11-20)25(23,24)15-6-4-14(18)5-7-15/h4-7H,8-13H2,1-3H3,(H,19,22). The van der Waals surface area contributed by atoms with Gasteiger partial charge in [0.2, 0.25) is 15.9 Å². The number of nitrogens with one attached hydrogen (secondary N) is 1. The minimum Gasteiger partial charge on any atom is -0.354 e. The molecular weight excluding hydrogens is 345 g/mol. The second kappa shape index (κ2) is 7.80. The number of carbonyl (C=O) groups is 1. The lowest BCUT2D eigenvalue weighted by molar-refractivity contribution is -0.128. The maximum absolute atomic E-state index is 13.0. The van der Waals surface area contributed by atoms with Crippen LogP contribution in [0.15, 0.2) is 29.2 Å². The van der Waals surface area contributed by atoms with Crippen molar-refractivity contribution in [2.75, 3.05) is 39.3 Å². The Morgan fingerprint density at radius 3 is 2.20 bits per heavy atom. The minimum absolute atomic E-state index is 0.00465. The van der Waals surface area contributed by atoms with Crippen molar-refractivity contribution in [1.29, 1.82) is 0 Å². The van der Waals surface area contributed by atoms with Crippen LogP contribution in [-0.2, 0) is 14.8 Å². The summed E-state index contributed by atoms with van der Waals surface area (Å²) in [6.07, 6.45) is 0. The molecule has 0 spiro atoms. The number of amides is 1. The van der Waals surface area contributed by atoms with Crippen LogP contribution in [0.2, 0.25) is 0 Å². The van der Waals surface area contributed by atoms with Gasteiger partial charge in [0.25, 0.3) is 0 Å². The Bertz CT molecular complexity index is 691. The Kier molecular flexibility index (Phi) is 6.18. The summed E-state index contributed by atoms with van der Waals surface area (Å²) in [7, 11) is -3.59. The summed E-state index contributed by atoms with van der Waals surface area (Å²) < 4.78 is 39.5. The van der Waals surface area contributed by atoms with E-state index in [-0.39, 0.29) is 10.8 Å². The molecule has 25 heavy (non-hydrogen) atoms. The molecule has 0 radical (unpaired) electrons. The third-order valence-electron chi connectivity index (χ3n) is 4.18. The molecule has 1 heterocycles. The quantitative estimate of drug-likeness (QED) is 0.847. The van der Waals surface area contributed by atoms with Crippen LogP contribution in [0, 0.1) is 11.2 Å². The monoisotopic (exact) mass is 371 g/mol. The van der Waals surface area contributed by atoms with Gasteiger partial charge in [0.15, 0.2) is 0 Å². The van der Waals surface area contributed by atoms with Crippen molar-refractivity contribution < 1.29 is 17.6 Å². The highest BCUT2D eigenvalue weighted by molar-refractivity contribution is 7.89. The van der Waals surface area contributed by atoms with Crippen LogP contribution in [0.25, 0.3) is 0 Å². The Balaban J connectivity index is 1.83. The Morgan fingerprint density at radius 1 is 1.12 bits per heavy atom. The van der Waals surface area contributed by atoms with Gasteiger partial charge in [-0.1, -0.05) is 20.8 Å². The molecule has 1 aliphatic heterocycles. The Morgan fingerprint density at radius 2 is 1.68 bits per heavy atom. The number of hydrogen-bond acceptors (Lipinski definition) is 4. The molecule has 1 fully saturated rings. The van der Waals surface area contributed by atoms with E-state index in [0.29, 0.717) is 39.3 Å². The van der Waals surface area contributed by atoms with Crippen molar-refractivity contribution in [1.82, 2.24) is 14.5 Å². The molecule has 140 valence electrons. The number of hydrogen-bond donors (Lipinski definition) is 1. The Hall–Kier alpha value is -1.51. The van der Waals surface area contributed by atoms with Gasteiger partial charge in [-0.2, -0.15) is 4.31 Å². The maximum atomic E-state index is 13.0. The maximum Gasteiger partial charge on any atom is 0.243 e. The summed E-state index contributed by atoms with van der Waals surface area (Å²) in [4.78, 5) is 14.1. The van der Waals surface area contributed by atoms with Crippen molar-refractivity contribution in [2.24, 2.45) is 5.41 Å². The zero-order valence-corrected chi connectivity index (χ0v) is 15.8. The lowest BCUT2D eigenvalue weighted by atomic mass is 9.96. The summed E-state index contributed by atoms with van der Waals surface area (Å²) in [6.45, 7) is 8.79. The summed E-state index contributed by atoms with van der Waals surface area (Å²) in [5, 5.41) is 2.89. The molecule has 1 amide bonds. The lowest BCUT2D eigenvalue weighted by Gasteiger charge is -2.34. The van der Waals surface area contributed by atoms with Crippen LogP contribution in [0.3, 0.4) is 0 Å². The van der Waals surface area contributed by atoms with Gasteiger partial charge < -0.3 is 5.32 Å². The van der Waals surface area contributed by atoms with Gasteiger partial charge in [-0.3, -0.25) is 9.69 Å². The third kappa shape index (κ3) is 5.23. The van der Waals surface area contributed by atoms with Crippen molar-refractivity contribution in [3.63, 3.8) is 0 Å². The fraction of sp³-hybridized carbons (Fsp3) is 0.588. The van der Waals surface area contributed by atoms with E-state index in [0.717, 1.165) is 12.1 Å². The van der Waals surface area contributed by atoms with E-state index in [2.05, 4.69) is 10.2 Å². The molecule has 0 atom stereocenters. The number of benzene rings is 1. The average Bonchev–Trinajstić information content (AvgIpc) is 2.55. The van der Waals surface area contributed by atoms with Gasteiger partial charge >= 0.3 is 0 Å². The number of carbonyl (C=O) groups excluding carboxylic acids is 1. The smallest absolute Gasteiger partial charge is 0.243 e. The summed E-state index contributed by atoms with van der Waals surface area (Å²) in [5.41, 5.74) is -0.415. The second-order valence-electron chi connectivity index (χ2n) is 7.21. The molecule has 0 aliphatic carbocycles. The van der Waals surface area contributed by atoms with E-state index < -0.39 is 21.3 Å². The molecule has 1 saturated heterocycles. The summed E-state index contributed by atoms with van der Waals surface area (Å²) >= 11 is 0. The highest BCUT2D eigenvalue weighted by atomic mass is 32.2. The molecule has 2 rings (SSSR count). The molecule has 0 saturated carbocycles. The van der Waals surface area contributed by atoms with Crippen molar-refractivity contribution in [3.05, 3.63) is 30.1 Å². The fourth-order valence-electron chi connectivity index (χ4n) is 2.54. The van der Waals surface area contributed by atoms with E-state index in [9.17, 15) is 17.6 Å². The highest BCUT2D eigenvalue weighted by Crippen LogP contribution is 2.18. The second-order valence-corrected chi connectivity index (χ2v) is 9.14. The van der Waals surface area contributed by atoms with Crippen LogP contribution in [-0.4, -0.2) is 62.8 Å². The van der Waals surface area contributed by atoms with E-state index >= 15 is 0 Å². The molecule has 0 aromatic heterocycles. The highest BCUT2D eigenvalue weighted by Gasteiger charge is 2.28. The first-order valence-corrected chi connectivity index (χ1v) is 9.81. The van der Waals surface area contributed by atoms with E-state index in [4.69, 9.17) is 0 Å². The van der Waals surface area contributed by atoms with Crippen molar-refractivity contribution in [2.45, 2.75) is 25.7 Å². The molecular formula is C17H26FN3O3S.